The molecule has 1 saturated heterocycles. The Balaban J connectivity index is 1.36. The van der Waals surface area contributed by atoms with Crippen LogP contribution >= 0.6 is 0 Å². The molecule has 0 spiro atoms. The molecule has 0 radical (unpaired) electrons. The molecule has 0 bridgehead atoms. The Bertz CT molecular complexity index is 808. The summed E-state index contributed by atoms with van der Waals surface area (Å²) in [7, 11) is 0. The molecule has 1 N–H and O–H groups in total. The van der Waals surface area contributed by atoms with Crippen molar-refractivity contribution in [3.8, 4) is 5.75 Å². The molecule has 2 amide bonds. The van der Waals surface area contributed by atoms with Crippen LogP contribution in [0, 0.1) is 0 Å². The molecule has 0 aromatic heterocycles. The second-order valence-electron chi connectivity index (χ2n) is 7.20. The van der Waals surface area contributed by atoms with E-state index in [1.165, 1.54) is 12.8 Å². The summed E-state index contributed by atoms with van der Waals surface area (Å²) in [4.78, 5) is 26.0. The van der Waals surface area contributed by atoms with E-state index < -0.39 is 0 Å². The Labute approximate surface area is 159 Å². The average Bonchev–Trinajstić information content (AvgIpc) is 3.35. The second kappa shape index (κ2) is 7.82. The van der Waals surface area contributed by atoms with E-state index >= 15 is 0 Å². The van der Waals surface area contributed by atoms with Gasteiger partial charge >= 0.3 is 0 Å². The van der Waals surface area contributed by atoms with E-state index in [0.717, 1.165) is 42.9 Å². The standard InChI is InChI=1S/C22H24N2O3/c25-21-6-3-15-24(21)18-11-7-16(8-12-18)22(26)23-17-9-13-20(14-10-17)27-19-4-1-2-5-19/h7-14,19H,1-6,15H2,(H,23,26). The van der Waals surface area contributed by atoms with Crippen LogP contribution in [-0.2, 0) is 4.79 Å². The Morgan fingerprint density at radius 1 is 0.963 bits per heavy atom. The van der Waals surface area contributed by atoms with Gasteiger partial charge in [-0.25, -0.2) is 0 Å². The molecule has 0 atom stereocenters. The topological polar surface area (TPSA) is 58.6 Å². The summed E-state index contributed by atoms with van der Waals surface area (Å²) in [5.74, 6) is 0.824. The SMILES string of the molecule is O=C(Nc1ccc(OC2CCCC2)cc1)c1ccc(N2CCCC2=O)cc1. The second-order valence-corrected chi connectivity index (χ2v) is 7.20. The Kier molecular flexibility index (Phi) is 5.10. The van der Waals surface area contributed by atoms with Gasteiger partial charge < -0.3 is 15.0 Å². The summed E-state index contributed by atoms with van der Waals surface area (Å²) in [5.41, 5.74) is 2.15. The summed E-state index contributed by atoms with van der Waals surface area (Å²) < 4.78 is 5.95. The molecule has 1 aliphatic heterocycles. The first-order valence-corrected chi connectivity index (χ1v) is 9.67. The molecule has 140 valence electrons. The van der Waals surface area contributed by atoms with E-state index in [1.807, 2.05) is 36.4 Å². The van der Waals surface area contributed by atoms with Crippen molar-refractivity contribution in [2.45, 2.75) is 44.6 Å². The molecule has 5 nitrogen and oxygen atoms in total. The number of hydrogen-bond donors (Lipinski definition) is 1. The summed E-state index contributed by atoms with van der Waals surface area (Å²) in [6.45, 7) is 0.750. The number of nitrogens with one attached hydrogen (secondary N) is 1. The lowest BCUT2D eigenvalue weighted by Crippen LogP contribution is -2.23. The highest BCUT2D eigenvalue weighted by Gasteiger charge is 2.21. The molecule has 1 heterocycles. The highest BCUT2D eigenvalue weighted by molar-refractivity contribution is 6.04. The first kappa shape index (κ1) is 17.6. The van der Waals surface area contributed by atoms with Crippen molar-refractivity contribution in [2.75, 3.05) is 16.8 Å². The zero-order valence-corrected chi connectivity index (χ0v) is 15.3. The fourth-order valence-corrected chi connectivity index (χ4v) is 3.73. The predicted octanol–water partition coefficient (Wildman–Crippen LogP) is 4.39. The fourth-order valence-electron chi connectivity index (χ4n) is 3.73. The smallest absolute Gasteiger partial charge is 0.255 e. The van der Waals surface area contributed by atoms with Gasteiger partial charge in [-0.15, -0.1) is 0 Å². The van der Waals surface area contributed by atoms with Gasteiger partial charge in [0.25, 0.3) is 5.91 Å². The number of rotatable bonds is 5. The van der Waals surface area contributed by atoms with Crippen molar-refractivity contribution < 1.29 is 14.3 Å². The van der Waals surface area contributed by atoms with Gasteiger partial charge in [-0.1, -0.05) is 0 Å². The van der Waals surface area contributed by atoms with Crippen molar-refractivity contribution >= 4 is 23.2 Å². The number of anilines is 2. The van der Waals surface area contributed by atoms with Gasteiger partial charge in [0.1, 0.15) is 5.75 Å². The van der Waals surface area contributed by atoms with Gasteiger partial charge in [0.05, 0.1) is 6.10 Å². The van der Waals surface area contributed by atoms with Gasteiger partial charge in [0, 0.05) is 29.9 Å². The minimum atomic E-state index is -0.168. The third kappa shape index (κ3) is 4.13. The molecule has 2 aliphatic rings. The third-order valence-corrected chi connectivity index (χ3v) is 5.23. The normalized spacial score (nSPS) is 17.3. The molecule has 1 aliphatic carbocycles. The first-order valence-electron chi connectivity index (χ1n) is 9.67. The van der Waals surface area contributed by atoms with Crippen LogP contribution in [0.1, 0.15) is 48.9 Å². The number of benzene rings is 2. The molecular formula is C22H24N2O3. The number of carbonyl (C=O) groups excluding carboxylic acids is 2. The number of hydrogen-bond acceptors (Lipinski definition) is 3. The molecule has 0 unspecified atom stereocenters. The molecule has 4 rings (SSSR count). The van der Waals surface area contributed by atoms with Gasteiger partial charge in [0.2, 0.25) is 5.91 Å². The first-order chi connectivity index (χ1) is 13.2. The number of ether oxygens (including phenoxy) is 1. The minimum Gasteiger partial charge on any atom is -0.490 e. The Morgan fingerprint density at radius 2 is 1.67 bits per heavy atom. The minimum absolute atomic E-state index is 0.145. The summed E-state index contributed by atoms with van der Waals surface area (Å²) >= 11 is 0. The largest absolute Gasteiger partial charge is 0.490 e. The zero-order valence-electron chi connectivity index (χ0n) is 15.3. The van der Waals surface area contributed by atoms with Crippen LogP contribution in [0.25, 0.3) is 0 Å². The van der Waals surface area contributed by atoms with Gasteiger partial charge in [-0.05, 0) is 80.6 Å². The zero-order chi connectivity index (χ0) is 18.6. The lowest BCUT2D eigenvalue weighted by atomic mass is 10.1. The number of nitrogens with zero attached hydrogens (tertiary/aromatic N) is 1. The van der Waals surface area contributed by atoms with Crippen molar-refractivity contribution in [3.05, 3.63) is 54.1 Å². The molecular weight excluding hydrogens is 340 g/mol. The lowest BCUT2D eigenvalue weighted by molar-refractivity contribution is -0.117. The maximum Gasteiger partial charge on any atom is 0.255 e. The van der Waals surface area contributed by atoms with E-state index in [9.17, 15) is 9.59 Å². The quantitative estimate of drug-likeness (QED) is 0.856. The molecule has 27 heavy (non-hydrogen) atoms. The van der Waals surface area contributed by atoms with Crippen molar-refractivity contribution in [3.63, 3.8) is 0 Å². The van der Waals surface area contributed by atoms with E-state index in [4.69, 9.17) is 4.74 Å². The van der Waals surface area contributed by atoms with E-state index in [2.05, 4.69) is 5.32 Å². The number of amides is 2. The van der Waals surface area contributed by atoms with Crippen LogP contribution in [0.2, 0.25) is 0 Å². The van der Waals surface area contributed by atoms with Crippen LogP contribution < -0.4 is 15.0 Å². The molecule has 2 aromatic carbocycles. The van der Waals surface area contributed by atoms with E-state index in [0.29, 0.717) is 18.1 Å². The molecule has 1 saturated carbocycles. The van der Waals surface area contributed by atoms with Gasteiger partial charge in [-0.2, -0.15) is 0 Å². The van der Waals surface area contributed by atoms with Gasteiger partial charge in [0.15, 0.2) is 0 Å². The lowest BCUT2D eigenvalue weighted by Gasteiger charge is -2.16. The average molecular weight is 364 g/mol. The Hall–Kier alpha value is -2.82. The van der Waals surface area contributed by atoms with Crippen LogP contribution in [0.15, 0.2) is 48.5 Å². The Morgan fingerprint density at radius 3 is 2.30 bits per heavy atom. The van der Waals surface area contributed by atoms with Crippen molar-refractivity contribution in [1.29, 1.82) is 0 Å². The molecule has 2 fully saturated rings. The molecule has 2 aromatic rings. The number of carbonyl (C=O) groups is 2. The molecule has 5 heteroatoms. The predicted molar refractivity (Wildman–Crippen MR) is 105 cm³/mol. The van der Waals surface area contributed by atoms with Crippen molar-refractivity contribution in [2.24, 2.45) is 0 Å². The monoisotopic (exact) mass is 364 g/mol. The van der Waals surface area contributed by atoms with Gasteiger partial charge in [-0.3, -0.25) is 9.59 Å². The summed E-state index contributed by atoms with van der Waals surface area (Å²) in [6.07, 6.45) is 6.54. The van der Waals surface area contributed by atoms with Crippen LogP contribution in [-0.4, -0.2) is 24.5 Å². The van der Waals surface area contributed by atoms with E-state index in [1.54, 1.807) is 17.0 Å². The fraction of sp³-hybridized carbons (Fsp3) is 0.364. The van der Waals surface area contributed by atoms with Crippen LogP contribution in [0.3, 0.4) is 0 Å². The maximum absolute atomic E-state index is 12.5. The highest BCUT2D eigenvalue weighted by atomic mass is 16.5. The highest BCUT2D eigenvalue weighted by Crippen LogP contribution is 2.25. The summed E-state index contributed by atoms with van der Waals surface area (Å²) in [5, 5.41) is 2.90. The maximum atomic E-state index is 12.5. The third-order valence-electron chi connectivity index (χ3n) is 5.23. The van der Waals surface area contributed by atoms with Crippen LogP contribution in [0.5, 0.6) is 5.75 Å². The van der Waals surface area contributed by atoms with Crippen LogP contribution in [0.4, 0.5) is 11.4 Å². The summed E-state index contributed by atoms with van der Waals surface area (Å²) in [6, 6.07) is 14.7. The van der Waals surface area contributed by atoms with E-state index in [-0.39, 0.29) is 11.8 Å². The van der Waals surface area contributed by atoms with Crippen molar-refractivity contribution in [1.82, 2.24) is 0 Å².